The third-order valence-corrected chi connectivity index (χ3v) is 3.85. The van der Waals surface area contributed by atoms with Crippen LogP contribution in [-0.2, 0) is 6.54 Å². The molecule has 1 aromatic rings. The number of aromatic amines is 1. The van der Waals surface area contributed by atoms with Gasteiger partial charge in [0.2, 0.25) is 0 Å². The molecule has 90 valence electrons. The number of hydrogen-bond acceptors (Lipinski definition) is 2. The molecule has 2 N–H and O–H groups in total. The van der Waals surface area contributed by atoms with Crippen molar-refractivity contribution in [1.29, 1.82) is 0 Å². The predicted octanol–water partition coefficient (Wildman–Crippen LogP) is 2.78. The molecule has 16 heavy (non-hydrogen) atoms. The van der Waals surface area contributed by atoms with E-state index in [0.717, 1.165) is 12.5 Å². The summed E-state index contributed by atoms with van der Waals surface area (Å²) in [7, 11) is 0. The summed E-state index contributed by atoms with van der Waals surface area (Å²) in [6.45, 7) is 5.31. The molecule has 1 saturated carbocycles. The minimum absolute atomic E-state index is 0.704. The van der Waals surface area contributed by atoms with E-state index in [1.54, 1.807) is 6.33 Å². The van der Waals surface area contributed by atoms with Crippen LogP contribution in [0.1, 0.15) is 50.4 Å². The molecule has 1 aromatic heterocycles. The molecule has 0 aliphatic heterocycles. The van der Waals surface area contributed by atoms with E-state index in [1.165, 1.54) is 43.5 Å². The molecule has 0 bridgehead atoms. The highest BCUT2D eigenvalue weighted by molar-refractivity contribution is 5.08. The zero-order valence-corrected chi connectivity index (χ0v) is 10.4. The van der Waals surface area contributed by atoms with Crippen LogP contribution >= 0.6 is 0 Å². The smallest absolute Gasteiger partial charge is 0.0925 e. The molecule has 1 aliphatic rings. The van der Waals surface area contributed by atoms with Gasteiger partial charge in [-0.1, -0.05) is 26.2 Å². The first-order valence-electron chi connectivity index (χ1n) is 6.51. The molecule has 0 spiro atoms. The molecule has 3 heteroatoms. The normalized spacial score (nSPS) is 25.9. The Morgan fingerprint density at radius 1 is 1.50 bits per heavy atom. The van der Waals surface area contributed by atoms with Crippen molar-refractivity contribution in [3.63, 3.8) is 0 Å². The molecule has 3 nitrogen and oxygen atoms in total. The van der Waals surface area contributed by atoms with Gasteiger partial charge in [-0.3, -0.25) is 0 Å². The lowest BCUT2D eigenvalue weighted by Crippen LogP contribution is -2.33. The van der Waals surface area contributed by atoms with Gasteiger partial charge in [0.25, 0.3) is 0 Å². The number of aryl methyl sites for hydroxylation is 1. The zero-order valence-electron chi connectivity index (χ0n) is 10.4. The van der Waals surface area contributed by atoms with Crippen molar-refractivity contribution >= 4 is 0 Å². The Morgan fingerprint density at radius 2 is 2.38 bits per heavy atom. The van der Waals surface area contributed by atoms with Gasteiger partial charge in [-0.25, -0.2) is 4.98 Å². The fraction of sp³-hybridized carbons (Fsp3) is 0.769. The van der Waals surface area contributed by atoms with Crippen molar-refractivity contribution in [2.75, 3.05) is 0 Å². The molecule has 2 atom stereocenters. The first-order chi connectivity index (χ1) is 7.79. The van der Waals surface area contributed by atoms with Crippen LogP contribution in [0.2, 0.25) is 0 Å². The van der Waals surface area contributed by atoms with Gasteiger partial charge in [-0.15, -0.1) is 0 Å². The van der Waals surface area contributed by atoms with Gasteiger partial charge in [-0.05, 0) is 25.7 Å². The number of nitrogens with one attached hydrogen (secondary N) is 2. The number of rotatable bonds is 4. The van der Waals surface area contributed by atoms with E-state index >= 15 is 0 Å². The highest BCUT2D eigenvalue weighted by Crippen LogP contribution is 2.26. The molecule has 2 unspecified atom stereocenters. The Labute approximate surface area is 98.1 Å². The molecule has 0 amide bonds. The fourth-order valence-electron chi connectivity index (χ4n) is 2.65. The second kappa shape index (κ2) is 5.48. The van der Waals surface area contributed by atoms with Crippen LogP contribution in [-0.4, -0.2) is 16.0 Å². The van der Waals surface area contributed by atoms with E-state index in [2.05, 4.69) is 29.1 Å². The van der Waals surface area contributed by atoms with E-state index in [9.17, 15) is 0 Å². The third-order valence-electron chi connectivity index (χ3n) is 3.85. The largest absolute Gasteiger partial charge is 0.348 e. The lowest BCUT2D eigenvalue weighted by molar-refractivity contribution is 0.278. The van der Waals surface area contributed by atoms with Crippen molar-refractivity contribution in [2.45, 2.75) is 58.5 Å². The lowest BCUT2D eigenvalue weighted by atomic mass is 9.84. The van der Waals surface area contributed by atoms with E-state index in [-0.39, 0.29) is 0 Å². The molecular formula is C13H23N3. The summed E-state index contributed by atoms with van der Waals surface area (Å²) >= 11 is 0. The SMILES string of the molecule is CCC1CCCC(NCc2nc[nH]c2C)C1. The predicted molar refractivity (Wildman–Crippen MR) is 66.2 cm³/mol. The van der Waals surface area contributed by atoms with E-state index < -0.39 is 0 Å². The minimum atomic E-state index is 0.704. The van der Waals surface area contributed by atoms with Gasteiger partial charge >= 0.3 is 0 Å². The third kappa shape index (κ3) is 2.85. The summed E-state index contributed by atoms with van der Waals surface area (Å²) in [6.07, 6.45) is 8.60. The van der Waals surface area contributed by atoms with Crippen LogP contribution in [0.15, 0.2) is 6.33 Å². The van der Waals surface area contributed by atoms with Gasteiger partial charge < -0.3 is 10.3 Å². The summed E-state index contributed by atoms with van der Waals surface area (Å²) in [6, 6.07) is 0.704. The highest BCUT2D eigenvalue weighted by atomic mass is 15.0. The monoisotopic (exact) mass is 221 g/mol. The minimum Gasteiger partial charge on any atom is -0.348 e. The van der Waals surface area contributed by atoms with Crippen molar-refractivity contribution in [2.24, 2.45) is 5.92 Å². The molecule has 0 radical (unpaired) electrons. The highest BCUT2D eigenvalue weighted by Gasteiger charge is 2.20. The fourth-order valence-corrected chi connectivity index (χ4v) is 2.65. The van der Waals surface area contributed by atoms with E-state index in [1.807, 2.05) is 0 Å². The maximum Gasteiger partial charge on any atom is 0.0925 e. The molecule has 0 aromatic carbocycles. The van der Waals surface area contributed by atoms with E-state index in [0.29, 0.717) is 6.04 Å². The summed E-state index contributed by atoms with van der Waals surface area (Å²) in [5.74, 6) is 0.937. The number of nitrogens with zero attached hydrogens (tertiary/aromatic N) is 1. The number of hydrogen-bond donors (Lipinski definition) is 2. The summed E-state index contributed by atoms with van der Waals surface area (Å²) in [4.78, 5) is 7.45. The van der Waals surface area contributed by atoms with Crippen molar-refractivity contribution < 1.29 is 0 Å². The average Bonchev–Trinajstić information content (AvgIpc) is 2.72. The van der Waals surface area contributed by atoms with Crippen LogP contribution in [0, 0.1) is 12.8 Å². The summed E-state index contributed by atoms with van der Waals surface area (Å²) in [5.41, 5.74) is 2.36. The van der Waals surface area contributed by atoms with Crippen molar-refractivity contribution in [1.82, 2.24) is 15.3 Å². The molecule has 1 aliphatic carbocycles. The molecule has 1 heterocycles. The summed E-state index contributed by atoms with van der Waals surface area (Å²) in [5, 5.41) is 3.65. The van der Waals surface area contributed by atoms with Gasteiger partial charge in [0.1, 0.15) is 0 Å². The van der Waals surface area contributed by atoms with Crippen LogP contribution < -0.4 is 5.32 Å². The zero-order chi connectivity index (χ0) is 11.4. The lowest BCUT2D eigenvalue weighted by Gasteiger charge is -2.29. The van der Waals surface area contributed by atoms with Crippen LogP contribution in [0.25, 0.3) is 0 Å². The maximum atomic E-state index is 4.32. The Morgan fingerprint density at radius 3 is 3.06 bits per heavy atom. The average molecular weight is 221 g/mol. The van der Waals surface area contributed by atoms with Crippen LogP contribution in [0.5, 0.6) is 0 Å². The second-order valence-corrected chi connectivity index (χ2v) is 4.99. The van der Waals surface area contributed by atoms with Gasteiger partial charge in [0, 0.05) is 18.3 Å². The Kier molecular flexibility index (Phi) is 3.99. The Balaban J connectivity index is 1.79. The van der Waals surface area contributed by atoms with Crippen LogP contribution in [0.4, 0.5) is 0 Å². The Bertz CT molecular complexity index is 319. The van der Waals surface area contributed by atoms with Crippen LogP contribution in [0.3, 0.4) is 0 Å². The van der Waals surface area contributed by atoms with Crippen molar-refractivity contribution in [3.05, 3.63) is 17.7 Å². The number of imidazole rings is 1. The van der Waals surface area contributed by atoms with Crippen molar-refractivity contribution in [3.8, 4) is 0 Å². The topological polar surface area (TPSA) is 40.7 Å². The van der Waals surface area contributed by atoms with Gasteiger partial charge in [-0.2, -0.15) is 0 Å². The first kappa shape index (κ1) is 11.6. The number of H-pyrrole nitrogens is 1. The first-order valence-corrected chi connectivity index (χ1v) is 6.51. The quantitative estimate of drug-likeness (QED) is 0.820. The van der Waals surface area contributed by atoms with E-state index in [4.69, 9.17) is 0 Å². The second-order valence-electron chi connectivity index (χ2n) is 4.99. The molecule has 0 saturated heterocycles. The molecular weight excluding hydrogens is 198 g/mol. The summed E-state index contributed by atoms with van der Waals surface area (Å²) < 4.78 is 0. The molecule has 1 fully saturated rings. The Hall–Kier alpha value is -0.830. The molecule has 2 rings (SSSR count). The van der Waals surface area contributed by atoms with Gasteiger partial charge in [0.15, 0.2) is 0 Å². The standard InChI is InChI=1S/C13H23N3/c1-3-11-5-4-6-12(7-11)14-8-13-10(2)15-9-16-13/h9,11-12,14H,3-8H2,1-2H3,(H,15,16). The maximum absolute atomic E-state index is 4.32. The number of aromatic nitrogens is 2. The van der Waals surface area contributed by atoms with Gasteiger partial charge in [0.05, 0.1) is 12.0 Å².